The summed E-state index contributed by atoms with van der Waals surface area (Å²) in [6, 6.07) is 2.19. The van der Waals surface area contributed by atoms with Gasteiger partial charge in [-0.1, -0.05) is 0 Å². The first kappa shape index (κ1) is 21.9. The highest BCUT2D eigenvalue weighted by atomic mass is 35.5. The van der Waals surface area contributed by atoms with Gasteiger partial charge in [-0.15, -0.1) is 12.4 Å². The third kappa shape index (κ3) is 4.22. The summed E-state index contributed by atoms with van der Waals surface area (Å²) in [5.41, 5.74) is -1.68. The van der Waals surface area contributed by atoms with Gasteiger partial charge in [0.1, 0.15) is 11.3 Å². The van der Waals surface area contributed by atoms with E-state index in [2.05, 4.69) is 20.6 Å². The van der Waals surface area contributed by atoms with Crippen LogP contribution in [0, 0.1) is 0 Å². The highest BCUT2D eigenvalue weighted by Gasteiger charge is 2.39. The van der Waals surface area contributed by atoms with Crippen molar-refractivity contribution in [3.63, 3.8) is 0 Å². The Hall–Kier alpha value is -1.84. The number of alkyl halides is 2. The summed E-state index contributed by atoms with van der Waals surface area (Å²) in [7, 11) is 0. The van der Waals surface area contributed by atoms with Crippen LogP contribution in [0.1, 0.15) is 57.2 Å². The van der Waals surface area contributed by atoms with Crippen molar-refractivity contribution in [3.05, 3.63) is 28.2 Å². The van der Waals surface area contributed by atoms with E-state index in [-0.39, 0.29) is 41.0 Å². The summed E-state index contributed by atoms with van der Waals surface area (Å²) < 4.78 is 28.9. The van der Waals surface area contributed by atoms with Crippen molar-refractivity contribution in [1.29, 1.82) is 0 Å². The van der Waals surface area contributed by atoms with E-state index >= 15 is 0 Å². The number of aromatic nitrogens is 3. The zero-order valence-corrected chi connectivity index (χ0v) is 17.0. The molecular weight excluding hydrogens is 404 g/mol. The molecule has 1 saturated heterocycles. The average Bonchev–Trinajstić information content (AvgIpc) is 3.00. The van der Waals surface area contributed by atoms with Crippen LogP contribution in [0.25, 0.3) is 11.0 Å². The Labute approximate surface area is 173 Å². The van der Waals surface area contributed by atoms with Gasteiger partial charge in [0.05, 0.1) is 11.6 Å². The van der Waals surface area contributed by atoms with Crippen LogP contribution in [0.5, 0.6) is 0 Å². The van der Waals surface area contributed by atoms with Crippen LogP contribution in [0.15, 0.2) is 16.9 Å². The number of halogens is 3. The lowest BCUT2D eigenvalue weighted by atomic mass is 10.00. The van der Waals surface area contributed by atoms with E-state index < -0.39 is 23.8 Å². The number of hydrogen-bond donors (Lipinski definition) is 3. The lowest BCUT2D eigenvalue weighted by Gasteiger charge is -2.29. The van der Waals surface area contributed by atoms with E-state index in [1.54, 1.807) is 6.92 Å². The van der Waals surface area contributed by atoms with Crippen LogP contribution in [-0.2, 0) is 0 Å². The molecule has 4 rings (SSSR count). The maximum absolute atomic E-state index is 13.8. The largest absolute Gasteiger partial charge is 0.388 e. The Bertz CT molecular complexity index is 931. The van der Waals surface area contributed by atoms with Crippen LogP contribution in [0.3, 0.4) is 0 Å². The summed E-state index contributed by atoms with van der Waals surface area (Å²) in [6.07, 6.45) is 0.779. The van der Waals surface area contributed by atoms with Gasteiger partial charge >= 0.3 is 0 Å². The third-order valence-electron chi connectivity index (χ3n) is 5.88. The molecule has 2 aromatic rings. The molecule has 2 aliphatic rings. The Kier molecular flexibility index (Phi) is 6.40. The van der Waals surface area contributed by atoms with Crippen LogP contribution in [0.4, 0.5) is 14.7 Å². The van der Waals surface area contributed by atoms with Gasteiger partial charge < -0.3 is 15.7 Å². The minimum atomic E-state index is -2.80. The normalized spacial score (nSPS) is 25.3. The molecule has 7 nitrogen and oxygen atoms in total. The van der Waals surface area contributed by atoms with Gasteiger partial charge in [-0.3, -0.25) is 9.36 Å². The molecule has 0 spiro atoms. The molecule has 0 unspecified atom stereocenters. The molecule has 10 heteroatoms. The second-order valence-corrected chi connectivity index (χ2v) is 7.95. The van der Waals surface area contributed by atoms with Crippen molar-refractivity contribution in [1.82, 2.24) is 19.9 Å². The van der Waals surface area contributed by atoms with Crippen molar-refractivity contribution in [3.8, 4) is 0 Å². The monoisotopic (exact) mass is 429 g/mol. The second-order valence-electron chi connectivity index (χ2n) is 7.95. The quantitative estimate of drug-likeness (QED) is 0.692. The van der Waals surface area contributed by atoms with Gasteiger partial charge in [0, 0.05) is 17.5 Å². The maximum atomic E-state index is 13.8. The molecule has 29 heavy (non-hydrogen) atoms. The van der Waals surface area contributed by atoms with Crippen molar-refractivity contribution in [2.24, 2.45) is 0 Å². The lowest BCUT2D eigenvalue weighted by Crippen LogP contribution is -2.38. The molecular formula is C19H26ClF2N5O2. The molecule has 1 saturated carbocycles. The number of piperidine rings is 1. The maximum Gasteiger partial charge on any atom is 0.281 e. The minimum absolute atomic E-state index is 0. The van der Waals surface area contributed by atoms with Gasteiger partial charge in [0.25, 0.3) is 12.0 Å². The number of hydrogen-bond acceptors (Lipinski definition) is 6. The average molecular weight is 430 g/mol. The highest BCUT2D eigenvalue weighted by molar-refractivity contribution is 5.85. The fourth-order valence-electron chi connectivity index (χ4n) is 4.38. The molecule has 0 amide bonds. The van der Waals surface area contributed by atoms with Gasteiger partial charge in [-0.2, -0.15) is 4.98 Å². The Balaban J connectivity index is 0.00000240. The fraction of sp³-hybridized carbons (Fsp3) is 0.632. The fourth-order valence-corrected chi connectivity index (χ4v) is 4.38. The van der Waals surface area contributed by atoms with E-state index in [0.717, 1.165) is 32.4 Å². The predicted octanol–water partition coefficient (Wildman–Crippen LogP) is 2.79. The topological polar surface area (TPSA) is 92.1 Å². The highest BCUT2D eigenvalue weighted by Crippen LogP contribution is 2.40. The van der Waals surface area contributed by atoms with E-state index in [1.807, 2.05) is 0 Å². The Morgan fingerprint density at radius 1 is 1.28 bits per heavy atom. The molecule has 0 bridgehead atoms. The van der Waals surface area contributed by atoms with Crippen molar-refractivity contribution >= 4 is 29.4 Å². The number of nitrogens with one attached hydrogen (secondary N) is 2. The van der Waals surface area contributed by atoms with Gasteiger partial charge in [0.15, 0.2) is 0 Å². The first-order valence-electron chi connectivity index (χ1n) is 9.78. The molecule has 2 atom stereocenters. The molecule has 0 radical (unpaired) electrons. The molecule has 3 N–H and O–H groups in total. The SMILES string of the molecule is C[C@@]1(O)CCC[C@H]1n1c(=O)ccc2c(C(F)F)nc(NC3CCNCC3)nc21.Cl. The molecule has 0 aromatic carbocycles. The smallest absolute Gasteiger partial charge is 0.281 e. The van der Waals surface area contributed by atoms with Crippen LogP contribution in [-0.4, -0.2) is 44.4 Å². The van der Waals surface area contributed by atoms with E-state index in [0.29, 0.717) is 12.8 Å². The Morgan fingerprint density at radius 2 is 2.00 bits per heavy atom. The summed E-state index contributed by atoms with van der Waals surface area (Å²) in [4.78, 5) is 21.2. The van der Waals surface area contributed by atoms with Crippen LogP contribution >= 0.6 is 12.4 Å². The summed E-state index contributed by atoms with van der Waals surface area (Å²) in [6.45, 7) is 3.35. The lowest BCUT2D eigenvalue weighted by molar-refractivity contribution is 0.0266. The van der Waals surface area contributed by atoms with Crippen molar-refractivity contribution < 1.29 is 13.9 Å². The zero-order valence-electron chi connectivity index (χ0n) is 16.2. The van der Waals surface area contributed by atoms with E-state index in [9.17, 15) is 18.7 Å². The first-order chi connectivity index (χ1) is 13.4. The minimum Gasteiger partial charge on any atom is -0.388 e. The van der Waals surface area contributed by atoms with Gasteiger partial charge in [-0.25, -0.2) is 13.8 Å². The van der Waals surface area contributed by atoms with Crippen LogP contribution in [0.2, 0.25) is 0 Å². The molecule has 2 fully saturated rings. The van der Waals surface area contributed by atoms with Crippen molar-refractivity contribution in [2.45, 2.75) is 63.1 Å². The molecule has 3 heterocycles. The first-order valence-corrected chi connectivity index (χ1v) is 9.78. The number of rotatable bonds is 4. The van der Waals surface area contributed by atoms with Crippen molar-refractivity contribution in [2.75, 3.05) is 18.4 Å². The molecule has 1 aliphatic heterocycles. The van der Waals surface area contributed by atoms with E-state index in [1.165, 1.54) is 16.7 Å². The summed E-state index contributed by atoms with van der Waals surface area (Å²) in [5, 5.41) is 17.3. The third-order valence-corrected chi connectivity index (χ3v) is 5.88. The van der Waals surface area contributed by atoms with Gasteiger partial charge in [-0.05, 0) is 58.2 Å². The summed E-state index contributed by atoms with van der Waals surface area (Å²) >= 11 is 0. The van der Waals surface area contributed by atoms with Crippen LogP contribution < -0.4 is 16.2 Å². The van der Waals surface area contributed by atoms with E-state index in [4.69, 9.17) is 0 Å². The van der Waals surface area contributed by atoms with Gasteiger partial charge in [0.2, 0.25) is 5.95 Å². The number of anilines is 1. The molecule has 160 valence electrons. The Morgan fingerprint density at radius 3 is 2.62 bits per heavy atom. The standard InChI is InChI=1S/C19H25F2N5O2.ClH/c1-19(28)8-2-3-13(19)26-14(27)5-4-12-15(16(20)21)24-18(25-17(12)26)23-11-6-9-22-10-7-11;/h4-5,11,13,16,22,28H,2-3,6-10H2,1H3,(H,23,24,25);1H/t13-,19-;/m1./s1. The molecule has 2 aromatic heterocycles. The number of aliphatic hydroxyl groups is 1. The number of nitrogens with zero attached hydrogens (tertiary/aromatic N) is 3. The zero-order chi connectivity index (χ0) is 19.9. The predicted molar refractivity (Wildman–Crippen MR) is 109 cm³/mol. The summed E-state index contributed by atoms with van der Waals surface area (Å²) in [5.74, 6) is 0.103. The molecule has 1 aliphatic carbocycles. The number of fused-ring (bicyclic) bond motifs is 1. The number of pyridine rings is 1. The second kappa shape index (κ2) is 8.49.